The maximum atomic E-state index is 12.7. The molecule has 0 saturated heterocycles. The Morgan fingerprint density at radius 3 is 2.59 bits per heavy atom. The van der Waals surface area contributed by atoms with Gasteiger partial charge in [-0.25, -0.2) is 0 Å². The normalized spacial score (nSPS) is 11.8. The molecule has 0 radical (unpaired) electrons. The fraction of sp³-hybridized carbons (Fsp3) is 0.182. The lowest BCUT2D eigenvalue weighted by molar-refractivity contribution is -0.140. The van der Waals surface area contributed by atoms with Crippen molar-refractivity contribution in [2.75, 3.05) is 5.73 Å². The summed E-state index contributed by atoms with van der Waals surface area (Å²) in [5.74, 6) is 0. The van der Waals surface area contributed by atoms with Gasteiger partial charge in [-0.05, 0) is 17.7 Å². The fourth-order valence-electron chi connectivity index (χ4n) is 1.62. The van der Waals surface area contributed by atoms with E-state index < -0.39 is 11.9 Å². The van der Waals surface area contributed by atoms with E-state index in [9.17, 15) is 13.2 Å². The molecule has 0 aliphatic carbocycles. The van der Waals surface area contributed by atoms with Crippen LogP contribution >= 0.6 is 0 Å². The molecule has 0 amide bonds. The molecule has 0 aliphatic heterocycles. The van der Waals surface area contributed by atoms with Crippen LogP contribution in [0.15, 0.2) is 30.5 Å². The van der Waals surface area contributed by atoms with Gasteiger partial charge in [0.2, 0.25) is 0 Å². The van der Waals surface area contributed by atoms with Crippen LogP contribution in [0.4, 0.5) is 18.9 Å². The van der Waals surface area contributed by atoms with Crippen molar-refractivity contribution < 1.29 is 13.2 Å². The van der Waals surface area contributed by atoms with Gasteiger partial charge in [-0.1, -0.05) is 12.1 Å². The third-order valence-electron chi connectivity index (χ3n) is 2.29. The summed E-state index contributed by atoms with van der Waals surface area (Å²) in [6.07, 6.45) is -3.14. The largest absolute Gasteiger partial charge is 0.435 e. The van der Waals surface area contributed by atoms with E-state index in [2.05, 4.69) is 5.10 Å². The summed E-state index contributed by atoms with van der Waals surface area (Å²) in [5, 5.41) is 3.44. The number of benzene rings is 1. The van der Waals surface area contributed by atoms with Crippen molar-refractivity contribution in [3.05, 3.63) is 36.2 Å². The number of rotatable bonds is 1. The van der Waals surface area contributed by atoms with E-state index >= 15 is 0 Å². The van der Waals surface area contributed by atoms with Gasteiger partial charge in [0, 0.05) is 24.5 Å². The Labute approximate surface area is 95.7 Å². The van der Waals surface area contributed by atoms with Crippen molar-refractivity contribution in [2.45, 2.75) is 6.18 Å². The van der Waals surface area contributed by atoms with Crippen molar-refractivity contribution >= 4 is 5.69 Å². The smallest absolute Gasteiger partial charge is 0.399 e. The van der Waals surface area contributed by atoms with Crippen LogP contribution < -0.4 is 5.73 Å². The number of halogens is 3. The molecule has 1 aromatic carbocycles. The van der Waals surface area contributed by atoms with Gasteiger partial charge in [0.15, 0.2) is 5.69 Å². The molecule has 0 atom stereocenters. The van der Waals surface area contributed by atoms with Crippen molar-refractivity contribution in [3.63, 3.8) is 0 Å². The van der Waals surface area contributed by atoms with Crippen LogP contribution in [0.3, 0.4) is 0 Å². The maximum absolute atomic E-state index is 12.7. The van der Waals surface area contributed by atoms with E-state index in [1.54, 1.807) is 18.2 Å². The lowest BCUT2D eigenvalue weighted by Gasteiger charge is -2.06. The first-order chi connectivity index (χ1) is 7.88. The summed E-state index contributed by atoms with van der Waals surface area (Å²) in [7, 11) is 1.45. The molecule has 2 aromatic rings. The minimum absolute atomic E-state index is 0.0345. The van der Waals surface area contributed by atoms with E-state index in [-0.39, 0.29) is 5.56 Å². The Bertz CT molecular complexity index is 543. The number of hydrogen-bond acceptors (Lipinski definition) is 2. The first-order valence-electron chi connectivity index (χ1n) is 4.84. The number of hydrogen-bond donors (Lipinski definition) is 1. The Morgan fingerprint density at radius 2 is 2.00 bits per heavy atom. The highest BCUT2D eigenvalue weighted by Crippen LogP contribution is 2.36. The average Bonchev–Trinajstić information content (AvgIpc) is 2.60. The standard InChI is InChI=1S/C11H10F3N3/c1-17-6-9(10(16-17)11(12,13)14)7-3-2-4-8(15)5-7/h2-6H,15H2,1H3. The molecule has 2 N–H and O–H groups in total. The molecule has 0 unspecified atom stereocenters. The zero-order valence-electron chi connectivity index (χ0n) is 8.99. The molecular formula is C11H10F3N3. The Hall–Kier alpha value is -1.98. The van der Waals surface area contributed by atoms with Gasteiger partial charge in [-0.2, -0.15) is 18.3 Å². The monoisotopic (exact) mass is 241 g/mol. The van der Waals surface area contributed by atoms with Crippen LogP contribution in [0.5, 0.6) is 0 Å². The fourth-order valence-corrected chi connectivity index (χ4v) is 1.62. The van der Waals surface area contributed by atoms with Crippen LogP contribution in [0.25, 0.3) is 11.1 Å². The number of nitrogens with two attached hydrogens (primary N) is 1. The second-order valence-corrected chi connectivity index (χ2v) is 3.69. The molecule has 0 aliphatic rings. The van der Waals surface area contributed by atoms with E-state index in [4.69, 9.17) is 5.73 Å². The average molecular weight is 241 g/mol. The van der Waals surface area contributed by atoms with Crippen molar-refractivity contribution in [1.82, 2.24) is 9.78 Å². The topological polar surface area (TPSA) is 43.8 Å². The van der Waals surface area contributed by atoms with Crippen molar-refractivity contribution in [2.24, 2.45) is 7.05 Å². The number of alkyl halides is 3. The molecule has 6 heteroatoms. The van der Waals surface area contributed by atoms with Gasteiger partial charge in [-0.3, -0.25) is 4.68 Å². The molecule has 0 fully saturated rings. The highest BCUT2D eigenvalue weighted by atomic mass is 19.4. The Kier molecular flexibility index (Phi) is 2.57. The van der Waals surface area contributed by atoms with Crippen LogP contribution in [0.1, 0.15) is 5.69 Å². The Balaban J connectivity index is 2.60. The molecule has 2 rings (SSSR count). The highest BCUT2D eigenvalue weighted by Gasteiger charge is 2.37. The predicted octanol–water partition coefficient (Wildman–Crippen LogP) is 2.69. The number of anilines is 1. The number of nitrogen functional groups attached to an aromatic ring is 1. The molecule has 90 valence electrons. The van der Waals surface area contributed by atoms with Crippen LogP contribution in [0.2, 0.25) is 0 Å². The summed E-state index contributed by atoms with van der Waals surface area (Å²) in [6, 6.07) is 6.29. The summed E-state index contributed by atoms with van der Waals surface area (Å²) in [4.78, 5) is 0. The summed E-state index contributed by atoms with van der Waals surface area (Å²) in [6.45, 7) is 0. The first-order valence-corrected chi connectivity index (χ1v) is 4.84. The van der Waals surface area contributed by atoms with Gasteiger partial charge in [0.05, 0.1) is 0 Å². The molecule has 17 heavy (non-hydrogen) atoms. The maximum Gasteiger partial charge on any atom is 0.435 e. The zero-order valence-corrected chi connectivity index (χ0v) is 8.99. The lowest BCUT2D eigenvalue weighted by atomic mass is 10.1. The number of aromatic nitrogens is 2. The van der Waals surface area contributed by atoms with E-state index in [0.717, 1.165) is 4.68 Å². The minimum Gasteiger partial charge on any atom is -0.399 e. The summed E-state index contributed by atoms with van der Waals surface area (Å²) >= 11 is 0. The molecule has 0 saturated carbocycles. The van der Waals surface area contributed by atoms with Gasteiger partial charge in [-0.15, -0.1) is 0 Å². The highest BCUT2D eigenvalue weighted by molar-refractivity contribution is 5.69. The lowest BCUT2D eigenvalue weighted by Crippen LogP contribution is -2.08. The quantitative estimate of drug-likeness (QED) is 0.780. The van der Waals surface area contributed by atoms with E-state index in [1.807, 2.05) is 0 Å². The third kappa shape index (κ3) is 2.25. The van der Waals surface area contributed by atoms with Crippen LogP contribution in [-0.4, -0.2) is 9.78 Å². The van der Waals surface area contributed by atoms with Gasteiger partial charge in [0.1, 0.15) is 0 Å². The molecule has 0 bridgehead atoms. The number of nitrogens with zero attached hydrogens (tertiary/aromatic N) is 2. The Morgan fingerprint density at radius 1 is 1.29 bits per heavy atom. The molecule has 1 heterocycles. The predicted molar refractivity (Wildman–Crippen MR) is 58.1 cm³/mol. The molecule has 3 nitrogen and oxygen atoms in total. The SMILES string of the molecule is Cn1cc(-c2cccc(N)c2)c(C(F)(F)F)n1. The van der Waals surface area contributed by atoms with Crippen molar-refractivity contribution in [1.29, 1.82) is 0 Å². The summed E-state index contributed by atoms with van der Waals surface area (Å²) < 4.78 is 39.4. The second-order valence-electron chi connectivity index (χ2n) is 3.69. The van der Waals surface area contributed by atoms with Gasteiger partial charge < -0.3 is 5.73 Å². The van der Waals surface area contributed by atoms with Crippen molar-refractivity contribution in [3.8, 4) is 11.1 Å². The van der Waals surface area contributed by atoms with Crippen LogP contribution in [-0.2, 0) is 13.2 Å². The first kappa shape index (κ1) is 11.5. The third-order valence-corrected chi connectivity index (χ3v) is 2.29. The molecular weight excluding hydrogens is 231 g/mol. The minimum atomic E-state index is -4.47. The zero-order chi connectivity index (χ0) is 12.6. The second kappa shape index (κ2) is 3.80. The van der Waals surface area contributed by atoms with Crippen LogP contribution in [0, 0.1) is 0 Å². The van der Waals surface area contributed by atoms with Gasteiger partial charge >= 0.3 is 6.18 Å². The van der Waals surface area contributed by atoms with E-state index in [1.165, 1.54) is 19.3 Å². The summed E-state index contributed by atoms with van der Waals surface area (Å²) in [5.41, 5.74) is 5.51. The number of aryl methyl sites for hydroxylation is 1. The van der Waals surface area contributed by atoms with E-state index in [0.29, 0.717) is 11.3 Å². The molecule has 1 aromatic heterocycles. The molecule has 0 spiro atoms. The van der Waals surface area contributed by atoms with Gasteiger partial charge in [0.25, 0.3) is 0 Å².